The van der Waals surface area contributed by atoms with E-state index in [-0.39, 0.29) is 0 Å². The maximum atomic E-state index is 2.33. The Morgan fingerprint density at radius 2 is 1.90 bits per heavy atom. The van der Waals surface area contributed by atoms with E-state index >= 15 is 0 Å². The minimum absolute atomic E-state index is 1.08. The molecule has 0 aliphatic carbocycles. The molecule has 0 saturated carbocycles. The molecule has 0 spiro atoms. The third-order valence-electron chi connectivity index (χ3n) is 1.20. The fourth-order valence-electron chi connectivity index (χ4n) is 0.745. The summed E-state index contributed by atoms with van der Waals surface area (Å²) in [4.78, 5) is 0. The van der Waals surface area contributed by atoms with E-state index in [9.17, 15) is 0 Å². The van der Waals surface area contributed by atoms with E-state index in [2.05, 4.69) is 46.9 Å². The molecule has 0 heterocycles. The van der Waals surface area contributed by atoms with Crippen LogP contribution < -0.4 is 0 Å². The minimum Gasteiger partial charge on any atom is -0.0818 e. The summed E-state index contributed by atoms with van der Waals surface area (Å²) in [6.07, 6.45) is 4.28. The van der Waals surface area contributed by atoms with Gasteiger partial charge in [0.05, 0.1) is 0 Å². The highest BCUT2D eigenvalue weighted by Gasteiger charge is 1.79. The Bertz CT molecular complexity index is 201. The van der Waals surface area contributed by atoms with Crippen LogP contribution in [-0.4, -0.2) is 4.43 Å². The van der Waals surface area contributed by atoms with Crippen molar-refractivity contribution in [1.29, 1.82) is 0 Å². The predicted molar refractivity (Wildman–Crippen MR) is 54.4 cm³/mol. The molecule has 0 N–H and O–H groups in total. The second-order valence-electron chi connectivity index (χ2n) is 1.97. The van der Waals surface area contributed by atoms with Gasteiger partial charge < -0.3 is 0 Å². The Morgan fingerprint density at radius 3 is 2.50 bits per heavy atom. The van der Waals surface area contributed by atoms with E-state index in [0.717, 1.165) is 4.43 Å². The van der Waals surface area contributed by atoms with Gasteiger partial charge in [-0.3, -0.25) is 0 Å². The van der Waals surface area contributed by atoms with Crippen molar-refractivity contribution < 1.29 is 0 Å². The fourth-order valence-corrected chi connectivity index (χ4v) is 0.999. The molecule has 1 aromatic carbocycles. The maximum absolute atomic E-state index is 2.33. The molecular weight excluding hydrogens is 231 g/mol. The molecule has 10 heavy (non-hydrogen) atoms. The lowest BCUT2D eigenvalue weighted by Crippen LogP contribution is -1.67. The summed E-state index contributed by atoms with van der Waals surface area (Å²) in [6.45, 7) is 0. The quantitative estimate of drug-likeness (QED) is 0.550. The molecule has 0 amide bonds. The zero-order valence-electron chi connectivity index (χ0n) is 5.63. The summed E-state index contributed by atoms with van der Waals surface area (Å²) >= 11 is 2.33. The number of benzene rings is 1. The first kappa shape index (κ1) is 7.79. The highest BCUT2D eigenvalue weighted by Crippen LogP contribution is 2.00. The number of rotatable bonds is 2. The van der Waals surface area contributed by atoms with Gasteiger partial charge in [-0.05, 0) is 5.56 Å². The predicted octanol–water partition coefficient (Wildman–Crippen LogP) is 3.13. The molecule has 0 atom stereocenters. The SMILES string of the molecule is [123I]C/C=C/c1ccccc1. The van der Waals surface area contributed by atoms with E-state index < -0.39 is 0 Å². The molecule has 0 saturated heterocycles. The maximum Gasteiger partial charge on any atom is 0.0179 e. The molecule has 1 aromatic rings. The van der Waals surface area contributed by atoms with Crippen LogP contribution in [0.3, 0.4) is 0 Å². The van der Waals surface area contributed by atoms with Crippen molar-refractivity contribution in [2.75, 3.05) is 4.43 Å². The molecule has 0 aliphatic heterocycles. The van der Waals surface area contributed by atoms with E-state index in [0.29, 0.717) is 0 Å². The zero-order chi connectivity index (χ0) is 7.23. The average molecular weight is 240 g/mol. The zero-order valence-corrected chi connectivity index (χ0v) is 7.78. The summed E-state index contributed by atoms with van der Waals surface area (Å²) in [5, 5.41) is 0. The lowest BCUT2D eigenvalue weighted by molar-refractivity contribution is 1.65. The van der Waals surface area contributed by atoms with Crippen LogP contribution >= 0.6 is 22.6 Å². The number of hydrogen-bond acceptors (Lipinski definition) is 0. The molecule has 0 unspecified atom stereocenters. The van der Waals surface area contributed by atoms with Crippen molar-refractivity contribution in [3.63, 3.8) is 0 Å². The monoisotopic (exact) mass is 240 g/mol. The van der Waals surface area contributed by atoms with Crippen LogP contribution in [-0.2, 0) is 0 Å². The molecule has 0 aliphatic rings. The van der Waals surface area contributed by atoms with Crippen LogP contribution in [0, 0.1) is 0 Å². The van der Waals surface area contributed by atoms with Crippen molar-refractivity contribution in [3.05, 3.63) is 42.0 Å². The van der Waals surface area contributed by atoms with Crippen molar-refractivity contribution >= 4 is 28.7 Å². The summed E-state index contributed by atoms with van der Waals surface area (Å²) in [5.74, 6) is 0. The van der Waals surface area contributed by atoms with E-state index in [1.54, 1.807) is 0 Å². The molecule has 0 radical (unpaired) electrons. The second kappa shape index (κ2) is 4.50. The molecule has 0 bridgehead atoms. The number of allylic oxidation sites excluding steroid dienone is 1. The lowest BCUT2D eigenvalue weighted by atomic mass is 10.2. The number of alkyl halides is 1. The molecular formula is C9H9I. The first-order chi connectivity index (χ1) is 4.93. The smallest absolute Gasteiger partial charge is 0.0179 e. The van der Waals surface area contributed by atoms with Crippen molar-refractivity contribution in [1.82, 2.24) is 0 Å². The van der Waals surface area contributed by atoms with Gasteiger partial charge in [0.1, 0.15) is 0 Å². The Morgan fingerprint density at radius 1 is 1.20 bits per heavy atom. The second-order valence-corrected chi connectivity index (χ2v) is 2.85. The summed E-state index contributed by atoms with van der Waals surface area (Å²) in [7, 11) is 0. The number of hydrogen-bond donors (Lipinski definition) is 0. The van der Waals surface area contributed by atoms with Crippen molar-refractivity contribution in [2.24, 2.45) is 0 Å². The third kappa shape index (κ3) is 2.52. The number of halogens is 1. The minimum atomic E-state index is 1.08. The third-order valence-corrected chi connectivity index (χ3v) is 1.71. The van der Waals surface area contributed by atoms with Crippen LogP contribution in [0.5, 0.6) is 0 Å². The molecule has 0 aromatic heterocycles. The van der Waals surface area contributed by atoms with Gasteiger partial charge in [0, 0.05) is 4.43 Å². The van der Waals surface area contributed by atoms with Crippen molar-refractivity contribution in [2.45, 2.75) is 0 Å². The Labute approximate surface area is 75.1 Å². The van der Waals surface area contributed by atoms with E-state index in [4.69, 9.17) is 0 Å². The van der Waals surface area contributed by atoms with Gasteiger partial charge in [0.2, 0.25) is 0 Å². The average Bonchev–Trinajstić information content (AvgIpc) is 2.03. The lowest BCUT2D eigenvalue weighted by Gasteiger charge is -1.88. The van der Waals surface area contributed by atoms with Crippen LogP contribution in [0.25, 0.3) is 6.08 Å². The molecule has 1 heteroatoms. The van der Waals surface area contributed by atoms with Gasteiger partial charge in [0.25, 0.3) is 0 Å². The van der Waals surface area contributed by atoms with Gasteiger partial charge in [-0.15, -0.1) is 0 Å². The highest BCUT2D eigenvalue weighted by atomic mass is 123. The van der Waals surface area contributed by atoms with E-state index in [1.807, 2.05) is 18.2 Å². The highest BCUT2D eigenvalue weighted by molar-refractivity contribution is 14.1. The molecule has 0 fully saturated rings. The fraction of sp³-hybridized carbons (Fsp3) is 0.111. The topological polar surface area (TPSA) is 0 Å². The summed E-state index contributed by atoms with van der Waals surface area (Å²) in [5.41, 5.74) is 1.28. The van der Waals surface area contributed by atoms with Gasteiger partial charge in [-0.25, -0.2) is 0 Å². The normalized spacial score (nSPS) is 10.5. The first-order valence-electron chi connectivity index (χ1n) is 3.21. The van der Waals surface area contributed by atoms with Crippen LogP contribution in [0.2, 0.25) is 0 Å². The molecule has 52 valence electrons. The van der Waals surface area contributed by atoms with Gasteiger partial charge in [0.15, 0.2) is 0 Å². The van der Waals surface area contributed by atoms with Gasteiger partial charge in [-0.2, -0.15) is 0 Å². The largest absolute Gasteiger partial charge is 0.0818 e. The Kier molecular flexibility index (Phi) is 3.50. The summed E-state index contributed by atoms with van der Waals surface area (Å²) < 4.78 is 1.08. The van der Waals surface area contributed by atoms with Gasteiger partial charge in [-0.1, -0.05) is 65.1 Å². The summed E-state index contributed by atoms with van der Waals surface area (Å²) in [6, 6.07) is 10.3. The van der Waals surface area contributed by atoms with Crippen molar-refractivity contribution in [3.8, 4) is 0 Å². The molecule has 0 nitrogen and oxygen atoms in total. The van der Waals surface area contributed by atoms with E-state index in [1.165, 1.54) is 5.56 Å². The Hall–Kier alpha value is -0.310. The van der Waals surface area contributed by atoms with Crippen LogP contribution in [0.1, 0.15) is 5.56 Å². The molecule has 1 rings (SSSR count). The Balaban J connectivity index is 2.67. The van der Waals surface area contributed by atoms with Crippen LogP contribution in [0.4, 0.5) is 0 Å². The van der Waals surface area contributed by atoms with Crippen LogP contribution in [0.15, 0.2) is 36.4 Å². The van der Waals surface area contributed by atoms with Gasteiger partial charge >= 0.3 is 0 Å². The first-order valence-corrected chi connectivity index (χ1v) is 4.73. The standard InChI is InChI=1S/C9H9I/c10-8-4-7-9-5-2-1-3-6-9/h1-7H,8H2/b7-4+/i10-4.